The summed E-state index contributed by atoms with van der Waals surface area (Å²) in [4.78, 5) is 12.3. The van der Waals surface area contributed by atoms with Crippen LogP contribution in [-0.2, 0) is 16.1 Å². The Bertz CT molecular complexity index is 1010. The van der Waals surface area contributed by atoms with Crippen LogP contribution >= 0.6 is 23.2 Å². The standard InChI is InChI=1S/C23H22Cl2N2O4/c1-29-22-11-15(9-17(12-26)23(28)27-13-18-3-2-8-30-18)5-7-21(22)31-14-16-4-6-19(24)20(25)10-16/h4-7,9-11,18H,2-3,8,13-14H2,1H3,(H,27,28)/b17-9+/t18-/m1/s1. The maximum absolute atomic E-state index is 12.3. The van der Waals surface area contributed by atoms with Gasteiger partial charge in [0.15, 0.2) is 11.5 Å². The van der Waals surface area contributed by atoms with Gasteiger partial charge < -0.3 is 19.5 Å². The van der Waals surface area contributed by atoms with Crippen molar-refractivity contribution in [3.63, 3.8) is 0 Å². The van der Waals surface area contributed by atoms with Crippen molar-refractivity contribution in [2.45, 2.75) is 25.6 Å². The summed E-state index contributed by atoms with van der Waals surface area (Å²) in [6, 6.07) is 12.4. The van der Waals surface area contributed by atoms with Crippen molar-refractivity contribution in [3.8, 4) is 17.6 Å². The van der Waals surface area contributed by atoms with Crippen LogP contribution in [0.2, 0.25) is 10.0 Å². The van der Waals surface area contributed by atoms with E-state index in [1.54, 1.807) is 30.3 Å². The number of hydrogen-bond acceptors (Lipinski definition) is 5. The molecule has 0 aliphatic carbocycles. The molecule has 0 radical (unpaired) electrons. The van der Waals surface area contributed by atoms with E-state index in [1.165, 1.54) is 13.2 Å². The summed E-state index contributed by atoms with van der Waals surface area (Å²) in [6.45, 7) is 1.38. The maximum atomic E-state index is 12.3. The Morgan fingerprint density at radius 1 is 1.26 bits per heavy atom. The SMILES string of the molecule is COc1cc(/C=C(\C#N)C(=O)NC[C@H]2CCCO2)ccc1OCc1ccc(Cl)c(Cl)c1. The molecule has 0 spiro atoms. The number of rotatable bonds is 8. The second-order valence-corrected chi connectivity index (χ2v) is 7.78. The Kier molecular flexibility index (Phi) is 8.19. The lowest BCUT2D eigenvalue weighted by Gasteiger charge is -2.12. The Hall–Kier alpha value is -2.72. The fourth-order valence-corrected chi connectivity index (χ4v) is 3.43. The largest absolute Gasteiger partial charge is 0.493 e. The van der Waals surface area contributed by atoms with E-state index in [2.05, 4.69) is 5.32 Å². The molecule has 1 fully saturated rings. The van der Waals surface area contributed by atoms with E-state index in [1.807, 2.05) is 12.1 Å². The van der Waals surface area contributed by atoms with E-state index < -0.39 is 5.91 Å². The first-order chi connectivity index (χ1) is 15.0. The van der Waals surface area contributed by atoms with E-state index in [9.17, 15) is 10.1 Å². The van der Waals surface area contributed by atoms with E-state index in [-0.39, 0.29) is 18.3 Å². The lowest BCUT2D eigenvalue weighted by Crippen LogP contribution is -2.32. The van der Waals surface area contributed by atoms with Gasteiger partial charge in [-0.15, -0.1) is 0 Å². The van der Waals surface area contributed by atoms with E-state index in [0.717, 1.165) is 18.4 Å². The van der Waals surface area contributed by atoms with Crippen LogP contribution in [0.25, 0.3) is 6.08 Å². The molecule has 1 N–H and O–H groups in total. The number of benzene rings is 2. The molecule has 6 nitrogen and oxygen atoms in total. The zero-order valence-corrected chi connectivity index (χ0v) is 18.5. The molecule has 1 saturated heterocycles. The van der Waals surface area contributed by atoms with Gasteiger partial charge in [0, 0.05) is 13.2 Å². The molecule has 3 rings (SSSR count). The van der Waals surface area contributed by atoms with E-state index in [0.29, 0.717) is 40.3 Å². The molecule has 0 bridgehead atoms. The quantitative estimate of drug-likeness (QED) is 0.452. The predicted octanol–water partition coefficient (Wildman–Crippen LogP) is 4.78. The van der Waals surface area contributed by atoms with Gasteiger partial charge in [-0.3, -0.25) is 4.79 Å². The number of nitrogens with one attached hydrogen (secondary N) is 1. The van der Waals surface area contributed by atoms with E-state index >= 15 is 0 Å². The van der Waals surface area contributed by atoms with Gasteiger partial charge in [0.25, 0.3) is 5.91 Å². The highest BCUT2D eigenvalue weighted by Gasteiger charge is 2.18. The number of hydrogen-bond donors (Lipinski definition) is 1. The van der Waals surface area contributed by atoms with Crippen LogP contribution in [-0.4, -0.2) is 32.3 Å². The van der Waals surface area contributed by atoms with Crippen LogP contribution in [0.5, 0.6) is 11.5 Å². The van der Waals surface area contributed by atoms with Crippen molar-refractivity contribution in [2.24, 2.45) is 0 Å². The predicted molar refractivity (Wildman–Crippen MR) is 119 cm³/mol. The summed E-state index contributed by atoms with van der Waals surface area (Å²) in [6.07, 6.45) is 3.42. The van der Waals surface area contributed by atoms with Crippen molar-refractivity contribution < 1.29 is 19.0 Å². The molecule has 2 aromatic carbocycles. The Balaban J connectivity index is 1.67. The first kappa shape index (κ1) is 23.0. The van der Waals surface area contributed by atoms with Gasteiger partial charge in [0.2, 0.25) is 0 Å². The lowest BCUT2D eigenvalue weighted by molar-refractivity contribution is -0.117. The first-order valence-electron chi connectivity index (χ1n) is 9.76. The van der Waals surface area contributed by atoms with Crippen molar-refractivity contribution >= 4 is 35.2 Å². The number of nitrogens with zero attached hydrogens (tertiary/aromatic N) is 1. The highest BCUT2D eigenvalue weighted by atomic mass is 35.5. The third-order valence-electron chi connectivity index (χ3n) is 4.76. The van der Waals surface area contributed by atoms with Gasteiger partial charge >= 0.3 is 0 Å². The number of amides is 1. The summed E-state index contributed by atoms with van der Waals surface area (Å²) in [7, 11) is 1.52. The molecule has 0 saturated carbocycles. The number of carbonyl (C=O) groups excluding carboxylic acids is 1. The fraction of sp³-hybridized carbons (Fsp3) is 0.304. The average Bonchev–Trinajstić information content (AvgIpc) is 3.30. The fourth-order valence-electron chi connectivity index (χ4n) is 3.11. The van der Waals surface area contributed by atoms with Crippen LogP contribution in [0.4, 0.5) is 0 Å². The zero-order chi connectivity index (χ0) is 22.2. The average molecular weight is 461 g/mol. The summed E-state index contributed by atoms with van der Waals surface area (Å²) in [5, 5.41) is 13.1. The van der Waals surface area contributed by atoms with Gasteiger partial charge in [-0.05, 0) is 54.3 Å². The molecule has 0 aromatic heterocycles. The maximum Gasteiger partial charge on any atom is 0.262 e. The van der Waals surface area contributed by atoms with Gasteiger partial charge in [0.1, 0.15) is 18.2 Å². The van der Waals surface area contributed by atoms with Gasteiger partial charge in [-0.2, -0.15) is 5.26 Å². The Morgan fingerprint density at radius 2 is 2.10 bits per heavy atom. The second-order valence-electron chi connectivity index (χ2n) is 6.96. The number of ether oxygens (including phenoxy) is 3. The summed E-state index contributed by atoms with van der Waals surface area (Å²) >= 11 is 12.0. The number of carbonyl (C=O) groups is 1. The molecule has 8 heteroatoms. The number of halogens is 2. The minimum Gasteiger partial charge on any atom is -0.493 e. The van der Waals surface area contributed by atoms with Crippen molar-refractivity contribution in [1.82, 2.24) is 5.32 Å². The highest BCUT2D eigenvalue weighted by Crippen LogP contribution is 2.30. The minimum absolute atomic E-state index is 0.00419. The second kappa shape index (κ2) is 11.1. The Labute approximate surface area is 191 Å². The molecule has 1 amide bonds. The zero-order valence-electron chi connectivity index (χ0n) is 17.0. The summed E-state index contributed by atoms with van der Waals surface area (Å²) in [5.74, 6) is 0.565. The summed E-state index contributed by atoms with van der Waals surface area (Å²) in [5.41, 5.74) is 1.50. The van der Waals surface area contributed by atoms with E-state index in [4.69, 9.17) is 37.4 Å². The monoisotopic (exact) mass is 460 g/mol. The molecule has 31 heavy (non-hydrogen) atoms. The lowest BCUT2D eigenvalue weighted by atomic mass is 10.1. The topological polar surface area (TPSA) is 80.6 Å². The van der Waals surface area contributed by atoms with Gasteiger partial charge in [0.05, 0.1) is 23.3 Å². The molecule has 1 aliphatic rings. The highest BCUT2D eigenvalue weighted by molar-refractivity contribution is 6.42. The molecular weight excluding hydrogens is 439 g/mol. The molecule has 2 aromatic rings. The van der Waals surface area contributed by atoms with Crippen LogP contribution in [0.3, 0.4) is 0 Å². The van der Waals surface area contributed by atoms with Crippen LogP contribution in [0.1, 0.15) is 24.0 Å². The Morgan fingerprint density at radius 3 is 2.77 bits per heavy atom. The van der Waals surface area contributed by atoms with Gasteiger partial charge in [-0.1, -0.05) is 35.3 Å². The molecule has 0 unspecified atom stereocenters. The number of nitriles is 1. The normalized spacial score (nSPS) is 15.9. The van der Waals surface area contributed by atoms with Crippen molar-refractivity contribution in [2.75, 3.05) is 20.3 Å². The minimum atomic E-state index is -0.433. The van der Waals surface area contributed by atoms with Gasteiger partial charge in [-0.25, -0.2) is 0 Å². The van der Waals surface area contributed by atoms with Crippen LogP contribution in [0, 0.1) is 11.3 Å². The third-order valence-corrected chi connectivity index (χ3v) is 5.50. The molecule has 1 aliphatic heterocycles. The molecule has 162 valence electrons. The molecule has 1 atom stereocenters. The third kappa shape index (κ3) is 6.38. The smallest absolute Gasteiger partial charge is 0.262 e. The first-order valence-corrected chi connectivity index (χ1v) is 10.5. The van der Waals surface area contributed by atoms with Crippen molar-refractivity contribution in [1.29, 1.82) is 5.26 Å². The van der Waals surface area contributed by atoms with Crippen molar-refractivity contribution in [3.05, 3.63) is 63.1 Å². The summed E-state index contributed by atoms with van der Waals surface area (Å²) < 4.78 is 16.7. The van der Waals surface area contributed by atoms with Crippen LogP contribution in [0.15, 0.2) is 42.0 Å². The van der Waals surface area contributed by atoms with Crippen LogP contribution < -0.4 is 14.8 Å². The molecule has 1 heterocycles. The molecular formula is C23H22Cl2N2O4. The number of methoxy groups -OCH3 is 1.